The Morgan fingerprint density at radius 1 is 0.868 bits per heavy atom. The summed E-state index contributed by atoms with van der Waals surface area (Å²) in [4.78, 5) is 29.1. The number of aryl methyl sites for hydroxylation is 1. The van der Waals surface area contributed by atoms with Crippen LogP contribution in [0.15, 0.2) is 78.9 Å². The molecule has 38 heavy (non-hydrogen) atoms. The SMILES string of the molecule is CC(C)CNC(=O)[C@H](Cc1ccccc1)N(Cc1cccc(Cl)c1)C(=O)CCc1ccc(C(C)(C)C)cc1. The number of carbonyl (C=O) groups excluding carboxylic acids is 2. The number of nitrogens with one attached hydrogen (secondary N) is 1. The first-order valence-electron chi connectivity index (χ1n) is 13.5. The van der Waals surface area contributed by atoms with Crippen LogP contribution in [0, 0.1) is 5.92 Å². The van der Waals surface area contributed by atoms with Gasteiger partial charge in [0.05, 0.1) is 0 Å². The number of nitrogens with zero attached hydrogens (tertiary/aromatic N) is 1. The molecule has 0 saturated heterocycles. The fraction of sp³-hybridized carbons (Fsp3) is 0.394. The van der Waals surface area contributed by atoms with Gasteiger partial charge in [-0.3, -0.25) is 9.59 Å². The van der Waals surface area contributed by atoms with Crippen LogP contribution in [0.25, 0.3) is 0 Å². The van der Waals surface area contributed by atoms with E-state index in [-0.39, 0.29) is 17.2 Å². The molecule has 0 heterocycles. The van der Waals surface area contributed by atoms with E-state index in [1.807, 2.05) is 54.6 Å². The number of amides is 2. The van der Waals surface area contributed by atoms with E-state index >= 15 is 0 Å². The Kier molecular flexibility index (Phi) is 10.6. The second-order valence-electron chi connectivity index (χ2n) is 11.4. The van der Waals surface area contributed by atoms with E-state index in [0.717, 1.165) is 16.7 Å². The van der Waals surface area contributed by atoms with E-state index in [9.17, 15) is 9.59 Å². The predicted octanol–water partition coefficient (Wildman–Crippen LogP) is 6.98. The molecule has 0 saturated carbocycles. The number of hydrogen-bond acceptors (Lipinski definition) is 2. The van der Waals surface area contributed by atoms with Crippen LogP contribution in [-0.2, 0) is 34.4 Å². The average molecular weight is 533 g/mol. The number of benzene rings is 3. The minimum atomic E-state index is -0.633. The van der Waals surface area contributed by atoms with Crippen LogP contribution in [0.2, 0.25) is 5.02 Å². The molecule has 0 radical (unpaired) electrons. The van der Waals surface area contributed by atoms with Gasteiger partial charge < -0.3 is 10.2 Å². The lowest BCUT2D eigenvalue weighted by Crippen LogP contribution is -2.51. The largest absolute Gasteiger partial charge is 0.354 e. The molecule has 3 aromatic rings. The molecule has 202 valence electrons. The van der Waals surface area contributed by atoms with Crippen LogP contribution >= 0.6 is 11.6 Å². The Labute approximate surface area is 233 Å². The summed E-state index contributed by atoms with van der Waals surface area (Å²) in [5.74, 6) is 0.127. The number of carbonyl (C=O) groups is 2. The van der Waals surface area contributed by atoms with Gasteiger partial charge in [-0.15, -0.1) is 0 Å². The highest BCUT2D eigenvalue weighted by Crippen LogP contribution is 2.23. The highest BCUT2D eigenvalue weighted by atomic mass is 35.5. The van der Waals surface area contributed by atoms with Crippen molar-refractivity contribution in [3.05, 3.63) is 106 Å². The molecule has 0 bridgehead atoms. The molecule has 0 fully saturated rings. The molecule has 3 aromatic carbocycles. The zero-order chi connectivity index (χ0) is 27.7. The molecular formula is C33H41ClN2O2. The van der Waals surface area contributed by atoms with Crippen molar-refractivity contribution in [1.29, 1.82) is 0 Å². The summed E-state index contributed by atoms with van der Waals surface area (Å²) in [6, 6.07) is 25.2. The molecule has 0 unspecified atom stereocenters. The second kappa shape index (κ2) is 13.6. The lowest BCUT2D eigenvalue weighted by atomic mass is 9.86. The van der Waals surface area contributed by atoms with Gasteiger partial charge in [0.25, 0.3) is 0 Å². The highest BCUT2D eigenvalue weighted by Gasteiger charge is 2.30. The average Bonchev–Trinajstić information content (AvgIpc) is 2.88. The minimum Gasteiger partial charge on any atom is -0.354 e. The molecule has 2 amide bonds. The zero-order valence-electron chi connectivity index (χ0n) is 23.3. The van der Waals surface area contributed by atoms with Crippen molar-refractivity contribution < 1.29 is 9.59 Å². The van der Waals surface area contributed by atoms with Gasteiger partial charge in [0.15, 0.2) is 0 Å². The van der Waals surface area contributed by atoms with Crippen molar-refractivity contribution in [3.63, 3.8) is 0 Å². The van der Waals surface area contributed by atoms with Gasteiger partial charge in [-0.1, -0.05) is 113 Å². The van der Waals surface area contributed by atoms with E-state index < -0.39 is 6.04 Å². The summed E-state index contributed by atoms with van der Waals surface area (Å²) in [7, 11) is 0. The monoisotopic (exact) mass is 532 g/mol. The molecule has 0 aliphatic rings. The van der Waals surface area contributed by atoms with Crippen LogP contribution in [0.4, 0.5) is 0 Å². The standard InChI is InChI=1S/C33H41ClN2O2/c1-24(2)22-35-32(38)30(21-26-10-7-6-8-11-26)36(23-27-12-9-13-29(34)20-27)31(37)19-16-25-14-17-28(18-15-25)33(3,4)5/h6-15,17-18,20,24,30H,16,19,21-23H2,1-5H3,(H,35,38)/t30-/m0/s1. The Morgan fingerprint density at radius 2 is 1.53 bits per heavy atom. The third-order valence-corrected chi connectivity index (χ3v) is 6.88. The number of halogens is 1. The van der Waals surface area contributed by atoms with E-state index in [0.29, 0.717) is 43.3 Å². The lowest BCUT2D eigenvalue weighted by molar-refractivity contribution is -0.141. The summed E-state index contributed by atoms with van der Waals surface area (Å²) < 4.78 is 0. The summed E-state index contributed by atoms with van der Waals surface area (Å²) in [6.07, 6.45) is 1.37. The van der Waals surface area contributed by atoms with Crippen molar-refractivity contribution in [3.8, 4) is 0 Å². The molecule has 4 nitrogen and oxygen atoms in total. The van der Waals surface area contributed by atoms with Crippen molar-refractivity contribution in [2.75, 3.05) is 6.54 Å². The van der Waals surface area contributed by atoms with Crippen molar-refractivity contribution in [2.45, 2.75) is 71.9 Å². The van der Waals surface area contributed by atoms with Gasteiger partial charge in [-0.25, -0.2) is 0 Å². The molecule has 0 spiro atoms. The van der Waals surface area contributed by atoms with Crippen LogP contribution in [0.3, 0.4) is 0 Å². The summed E-state index contributed by atoms with van der Waals surface area (Å²) in [5.41, 5.74) is 4.36. The Balaban J connectivity index is 1.87. The highest BCUT2D eigenvalue weighted by molar-refractivity contribution is 6.30. The lowest BCUT2D eigenvalue weighted by Gasteiger charge is -2.32. The molecule has 3 rings (SSSR count). The van der Waals surface area contributed by atoms with Crippen LogP contribution < -0.4 is 5.32 Å². The maximum atomic E-state index is 13.8. The molecule has 0 aromatic heterocycles. The van der Waals surface area contributed by atoms with E-state index in [1.54, 1.807) is 4.90 Å². The Bertz CT molecular complexity index is 1180. The topological polar surface area (TPSA) is 49.4 Å². The summed E-state index contributed by atoms with van der Waals surface area (Å²) in [6.45, 7) is 11.6. The maximum Gasteiger partial charge on any atom is 0.243 e. The first-order chi connectivity index (χ1) is 18.0. The molecular weight excluding hydrogens is 492 g/mol. The van der Waals surface area contributed by atoms with Gasteiger partial charge in [-0.2, -0.15) is 0 Å². The second-order valence-corrected chi connectivity index (χ2v) is 11.9. The van der Waals surface area contributed by atoms with Gasteiger partial charge in [0.1, 0.15) is 6.04 Å². The van der Waals surface area contributed by atoms with Crippen LogP contribution in [0.5, 0.6) is 0 Å². The summed E-state index contributed by atoms with van der Waals surface area (Å²) in [5, 5.41) is 3.68. The van der Waals surface area contributed by atoms with E-state index in [1.165, 1.54) is 5.56 Å². The van der Waals surface area contributed by atoms with Gasteiger partial charge in [-0.05, 0) is 52.1 Å². The number of rotatable bonds is 11. The third kappa shape index (κ3) is 9.02. The van der Waals surface area contributed by atoms with Crippen LogP contribution in [-0.4, -0.2) is 29.3 Å². The quantitative estimate of drug-likeness (QED) is 0.289. The molecule has 1 atom stereocenters. The maximum absolute atomic E-state index is 13.8. The minimum absolute atomic E-state index is 0.0505. The molecule has 0 aliphatic heterocycles. The van der Waals surface area contributed by atoms with Crippen molar-refractivity contribution in [1.82, 2.24) is 10.2 Å². The molecule has 1 N–H and O–H groups in total. The summed E-state index contributed by atoms with van der Waals surface area (Å²) >= 11 is 6.27. The van der Waals surface area contributed by atoms with Crippen LogP contribution in [0.1, 0.15) is 63.3 Å². The third-order valence-electron chi connectivity index (χ3n) is 6.65. The Morgan fingerprint density at radius 3 is 2.13 bits per heavy atom. The van der Waals surface area contributed by atoms with E-state index in [4.69, 9.17) is 11.6 Å². The molecule has 5 heteroatoms. The van der Waals surface area contributed by atoms with Crippen molar-refractivity contribution in [2.24, 2.45) is 5.92 Å². The Hall–Kier alpha value is -3.11. The van der Waals surface area contributed by atoms with Gasteiger partial charge in [0.2, 0.25) is 11.8 Å². The fourth-order valence-corrected chi connectivity index (χ4v) is 4.59. The predicted molar refractivity (Wildman–Crippen MR) is 157 cm³/mol. The first-order valence-corrected chi connectivity index (χ1v) is 13.9. The normalized spacial score (nSPS) is 12.3. The fourth-order valence-electron chi connectivity index (χ4n) is 4.37. The van der Waals surface area contributed by atoms with Crippen molar-refractivity contribution >= 4 is 23.4 Å². The van der Waals surface area contributed by atoms with Gasteiger partial charge in [0, 0.05) is 31.0 Å². The van der Waals surface area contributed by atoms with Gasteiger partial charge >= 0.3 is 0 Å². The first kappa shape index (κ1) is 29.4. The smallest absolute Gasteiger partial charge is 0.243 e. The zero-order valence-corrected chi connectivity index (χ0v) is 24.1. The van der Waals surface area contributed by atoms with E-state index in [2.05, 4.69) is 64.2 Å². The molecule has 0 aliphatic carbocycles. The number of hydrogen-bond donors (Lipinski definition) is 1.